The molecule has 2 rings (SSSR count). The van der Waals surface area contributed by atoms with Crippen LogP contribution in [0.15, 0.2) is 40.2 Å². The molecular weight excluding hydrogens is 297 g/mol. The highest BCUT2D eigenvalue weighted by atomic mass is 35.5. The van der Waals surface area contributed by atoms with Gasteiger partial charge < -0.3 is 0 Å². The van der Waals surface area contributed by atoms with Crippen LogP contribution in [0.2, 0.25) is 0 Å². The topological polar surface area (TPSA) is 54.4 Å². The van der Waals surface area contributed by atoms with Gasteiger partial charge in [0.1, 0.15) is 4.49 Å². The summed E-state index contributed by atoms with van der Waals surface area (Å²) >= 11 is 11.3. The van der Waals surface area contributed by atoms with Crippen LogP contribution in [-0.4, -0.2) is 17.1 Å². The molecular formula is C14H15Cl2N3O. The van der Waals surface area contributed by atoms with E-state index in [1.54, 1.807) is 30.8 Å². The summed E-state index contributed by atoms with van der Waals surface area (Å²) in [6.45, 7) is 4.00. The Balaban J connectivity index is 1.94. The third-order valence-corrected chi connectivity index (χ3v) is 3.82. The minimum absolute atomic E-state index is 0.0427. The molecule has 1 saturated carbocycles. The van der Waals surface area contributed by atoms with Crippen LogP contribution in [0.1, 0.15) is 19.4 Å². The molecule has 1 aliphatic rings. The van der Waals surface area contributed by atoms with Gasteiger partial charge in [-0.2, -0.15) is 5.10 Å². The number of nitrogens with one attached hydrogen (secondary N) is 1. The number of carbonyl (C=O) groups is 1. The number of allylic oxidation sites excluding steroid dienone is 1. The highest BCUT2D eigenvalue weighted by molar-refractivity contribution is 6.55. The molecule has 1 amide bonds. The minimum atomic E-state index is -0.166. The van der Waals surface area contributed by atoms with E-state index in [4.69, 9.17) is 23.2 Å². The third-order valence-electron chi connectivity index (χ3n) is 3.57. The SMILES string of the molecule is CC1(C)[C@@H](C=C(Cl)Cl)[C@@H]1C(=O)N/N=C\c1cccnc1. The Labute approximate surface area is 127 Å². The number of halogens is 2. The molecule has 20 heavy (non-hydrogen) atoms. The molecule has 1 aliphatic carbocycles. The van der Waals surface area contributed by atoms with Crippen molar-refractivity contribution in [3.63, 3.8) is 0 Å². The lowest BCUT2D eigenvalue weighted by molar-refractivity contribution is -0.123. The van der Waals surface area contributed by atoms with Gasteiger partial charge in [-0.3, -0.25) is 9.78 Å². The van der Waals surface area contributed by atoms with Gasteiger partial charge in [0.15, 0.2) is 0 Å². The standard InChI is InChI=1S/C14H15Cl2N3O/c1-14(2)10(6-11(15)16)12(14)13(20)19-18-8-9-4-3-5-17-7-9/h3-8,10,12H,1-2H3,(H,19,20)/b18-8-/t10-,12+/m0/s1. The van der Waals surface area contributed by atoms with Gasteiger partial charge in [0.05, 0.1) is 12.1 Å². The van der Waals surface area contributed by atoms with Gasteiger partial charge in [-0.1, -0.05) is 43.1 Å². The predicted octanol–water partition coefficient (Wildman–Crippen LogP) is 3.12. The molecule has 1 N–H and O–H groups in total. The number of hydrogen-bond acceptors (Lipinski definition) is 3. The van der Waals surface area contributed by atoms with Crippen molar-refractivity contribution < 1.29 is 4.79 Å². The van der Waals surface area contributed by atoms with Crippen LogP contribution in [0.3, 0.4) is 0 Å². The van der Waals surface area contributed by atoms with E-state index in [9.17, 15) is 4.79 Å². The number of hydrogen-bond donors (Lipinski definition) is 1. The van der Waals surface area contributed by atoms with Gasteiger partial charge in [-0.25, -0.2) is 5.43 Å². The molecule has 0 radical (unpaired) electrons. The van der Waals surface area contributed by atoms with Gasteiger partial charge in [0, 0.05) is 18.0 Å². The maximum Gasteiger partial charge on any atom is 0.244 e. The Kier molecular flexibility index (Phi) is 4.45. The molecule has 4 nitrogen and oxygen atoms in total. The molecule has 0 saturated heterocycles. The summed E-state index contributed by atoms with van der Waals surface area (Å²) in [5.41, 5.74) is 3.21. The van der Waals surface area contributed by atoms with Gasteiger partial charge in [-0.15, -0.1) is 0 Å². The zero-order valence-electron chi connectivity index (χ0n) is 11.2. The van der Waals surface area contributed by atoms with Crippen LogP contribution in [0, 0.1) is 17.3 Å². The zero-order valence-corrected chi connectivity index (χ0v) is 12.7. The number of carbonyl (C=O) groups excluding carboxylic acids is 1. The molecule has 0 unspecified atom stereocenters. The van der Waals surface area contributed by atoms with Crippen molar-refractivity contribution in [3.05, 3.63) is 40.7 Å². The summed E-state index contributed by atoms with van der Waals surface area (Å²) in [6.07, 6.45) is 6.60. The average molecular weight is 312 g/mol. The fraction of sp³-hybridized carbons (Fsp3) is 0.357. The predicted molar refractivity (Wildman–Crippen MR) is 80.5 cm³/mol. The lowest BCUT2D eigenvalue weighted by Crippen LogP contribution is -2.21. The first kappa shape index (κ1) is 15.0. The molecule has 1 heterocycles. The first-order valence-electron chi connectivity index (χ1n) is 6.18. The van der Waals surface area contributed by atoms with Crippen LogP contribution >= 0.6 is 23.2 Å². The molecule has 1 aromatic heterocycles. The van der Waals surface area contributed by atoms with Crippen LogP contribution in [-0.2, 0) is 4.79 Å². The Morgan fingerprint density at radius 1 is 1.50 bits per heavy atom. The Bertz CT molecular complexity index is 551. The number of aromatic nitrogens is 1. The summed E-state index contributed by atoms with van der Waals surface area (Å²) in [6, 6.07) is 3.65. The highest BCUT2D eigenvalue weighted by Crippen LogP contribution is 2.59. The van der Waals surface area contributed by atoms with E-state index in [1.807, 2.05) is 19.9 Å². The molecule has 1 fully saturated rings. The second-order valence-corrected chi connectivity index (χ2v) is 6.31. The van der Waals surface area contributed by atoms with Crippen molar-refractivity contribution in [3.8, 4) is 0 Å². The van der Waals surface area contributed by atoms with Crippen molar-refractivity contribution in [2.24, 2.45) is 22.4 Å². The van der Waals surface area contributed by atoms with Crippen LogP contribution in [0.25, 0.3) is 0 Å². The van der Waals surface area contributed by atoms with Crippen LogP contribution in [0.5, 0.6) is 0 Å². The van der Waals surface area contributed by atoms with Gasteiger partial charge in [0.2, 0.25) is 5.91 Å². The maximum atomic E-state index is 12.0. The number of pyridine rings is 1. The summed E-state index contributed by atoms with van der Waals surface area (Å²) in [5.74, 6) is -0.256. The van der Waals surface area contributed by atoms with Crippen molar-refractivity contribution in [2.75, 3.05) is 0 Å². The zero-order chi connectivity index (χ0) is 14.8. The maximum absolute atomic E-state index is 12.0. The summed E-state index contributed by atoms with van der Waals surface area (Å²) in [5, 5.41) is 3.93. The first-order chi connectivity index (χ1) is 9.43. The lowest BCUT2D eigenvalue weighted by atomic mass is 10.1. The normalized spacial score (nSPS) is 23.4. The molecule has 0 bridgehead atoms. The number of amides is 1. The van der Waals surface area contributed by atoms with Crippen LogP contribution < -0.4 is 5.43 Å². The smallest absolute Gasteiger partial charge is 0.244 e. The quantitative estimate of drug-likeness (QED) is 0.686. The van der Waals surface area contributed by atoms with Gasteiger partial charge in [-0.05, 0) is 23.5 Å². The van der Waals surface area contributed by atoms with E-state index >= 15 is 0 Å². The first-order valence-corrected chi connectivity index (χ1v) is 6.94. The fourth-order valence-electron chi connectivity index (χ4n) is 2.32. The number of nitrogens with zero attached hydrogens (tertiary/aromatic N) is 2. The fourth-order valence-corrected chi connectivity index (χ4v) is 2.59. The second-order valence-electron chi connectivity index (χ2n) is 5.30. The van der Waals surface area contributed by atoms with E-state index in [0.29, 0.717) is 0 Å². The Morgan fingerprint density at radius 2 is 2.25 bits per heavy atom. The number of rotatable bonds is 4. The van der Waals surface area contributed by atoms with E-state index in [-0.39, 0.29) is 27.6 Å². The van der Waals surface area contributed by atoms with Gasteiger partial charge in [0.25, 0.3) is 0 Å². The van der Waals surface area contributed by atoms with Crippen molar-refractivity contribution >= 4 is 35.3 Å². The third kappa shape index (κ3) is 3.38. The van der Waals surface area contributed by atoms with E-state index < -0.39 is 0 Å². The lowest BCUT2D eigenvalue weighted by Gasteiger charge is -2.00. The molecule has 6 heteroatoms. The Hall–Kier alpha value is -1.39. The molecule has 0 spiro atoms. The molecule has 106 valence electrons. The summed E-state index contributed by atoms with van der Waals surface area (Å²) in [4.78, 5) is 16.0. The second kappa shape index (κ2) is 5.94. The van der Waals surface area contributed by atoms with E-state index in [0.717, 1.165) is 5.56 Å². The molecule has 1 aromatic rings. The van der Waals surface area contributed by atoms with E-state index in [2.05, 4.69) is 15.5 Å². The van der Waals surface area contributed by atoms with Crippen molar-refractivity contribution in [1.82, 2.24) is 10.4 Å². The molecule has 2 atom stereocenters. The molecule has 0 aromatic carbocycles. The average Bonchev–Trinajstić information content (AvgIpc) is 2.91. The molecule has 0 aliphatic heterocycles. The number of hydrazone groups is 1. The van der Waals surface area contributed by atoms with Crippen molar-refractivity contribution in [2.45, 2.75) is 13.8 Å². The largest absolute Gasteiger partial charge is 0.273 e. The Morgan fingerprint density at radius 3 is 2.85 bits per heavy atom. The highest BCUT2D eigenvalue weighted by Gasteiger charge is 2.60. The van der Waals surface area contributed by atoms with Crippen LogP contribution in [0.4, 0.5) is 0 Å². The minimum Gasteiger partial charge on any atom is -0.273 e. The van der Waals surface area contributed by atoms with E-state index in [1.165, 1.54) is 0 Å². The summed E-state index contributed by atoms with van der Waals surface area (Å²) < 4.78 is 0.192. The summed E-state index contributed by atoms with van der Waals surface area (Å²) in [7, 11) is 0. The van der Waals surface area contributed by atoms with Crippen molar-refractivity contribution in [1.29, 1.82) is 0 Å². The monoisotopic (exact) mass is 311 g/mol. The van der Waals surface area contributed by atoms with Gasteiger partial charge >= 0.3 is 0 Å².